The Morgan fingerprint density at radius 1 is 1.75 bits per heavy atom. The lowest BCUT2D eigenvalue weighted by Crippen LogP contribution is -2.26. The highest BCUT2D eigenvalue weighted by atomic mass is 35.5. The first-order valence-corrected chi connectivity index (χ1v) is 4.37. The minimum Gasteiger partial charge on any atom is -0.344 e. The van der Waals surface area contributed by atoms with Gasteiger partial charge in [0.1, 0.15) is 0 Å². The number of alkyl halides is 1. The molecule has 1 heterocycles. The lowest BCUT2D eigenvalue weighted by molar-refractivity contribution is 0.784. The average molecular weight is 188 g/mol. The molecular weight excluding hydrogens is 174 g/mol. The highest BCUT2D eigenvalue weighted by Gasteiger charge is 2.07. The zero-order chi connectivity index (χ0) is 9.14. The maximum atomic E-state index is 5.86. The lowest BCUT2D eigenvalue weighted by atomic mass is 10.4. The number of imidazole rings is 1. The Bertz CT molecular complexity index is 244. The van der Waals surface area contributed by atoms with Gasteiger partial charge < -0.3 is 9.47 Å². The fraction of sp³-hybridized carbons (Fsp3) is 0.625. The molecule has 3 nitrogen and oxygen atoms in total. The maximum absolute atomic E-state index is 5.86. The first-order chi connectivity index (χ1) is 5.61. The van der Waals surface area contributed by atoms with Crippen LogP contribution in [0.4, 0.5) is 5.95 Å². The van der Waals surface area contributed by atoms with E-state index in [1.54, 1.807) is 6.20 Å². The van der Waals surface area contributed by atoms with Crippen LogP contribution >= 0.6 is 11.6 Å². The van der Waals surface area contributed by atoms with Gasteiger partial charge >= 0.3 is 0 Å². The molecule has 1 unspecified atom stereocenters. The minimum atomic E-state index is 0.145. The molecule has 0 aliphatic carbocycles. The van der Waals surface area contributed by atoms with Gasteiger partial charge in [-0.05, 0) is 6.92 Å². The molecule has 0 aromatic carbocycles. The smallest absolute Gasteiger partial charge is 0.204 e. The molecule has 1 rings (SSSR count). The third-order valence-corrected chi connectivity index (χ3v) is 1.80. The predicted octanol–water partition coefficient (Wildman–Crippen LogP) is 1.48. The lowest BCUT2D eigenvalue weighted by Gasteiger charge is -2.18. The van der Waals surface area contributed by atoms with Crippen molar-refractivity contribution in [1.29, 1.82) is 0 Å². The van der Waals surface area contributed by atoms with Crippen LogP contribution in [-0.4, -0.2) is 28.5 Å². The first kappa shape index (κ1) is 9.39. The molecule has 68 valence electrons. The van der Waals surface area contributed by atoms with E-state index in [4.69, 9.17) is 11.6 Å². The maximum Gasteiger partial charge on any atom is 0.204 e. The van der Waals surface area contributed by atoms with Crippen molar-refractivity contribution >= 4 is 17.5 Å². The number of hydrogen-bond donors (Lipinski definition) is 0. The van der Waals surface area contributed by atoms with E-state index in [0.29, 0.717) is 0 Å². The summed E-state index contributed by atoms with van der Waals surface area (Å²) in [5, 5.41) is 0.145. The number of halogens is 1. The van der Waals surface area contributed by atoms with Gasteiger partial charge in [0.2, 0.25) is 5.95 Å². The van der Waals surface area contributed by atoms with E-state index >= 15 is 0 Å². The number of hydrogen-bond acceptors (Lipinski definition) is 2. The van der Waals surface area contributed by atoms with Crippen LogP contribution in [0.2, 0.25) is 0 Å². The van der Waals surface area contributed by atoms with Crippen LogP contribution in [0.3, 0.4) is 0 Å². The highest BCUT2D eigenvalue weighted by Crippen LogP contribution is 2.08. The molecule has 12 heavy (non-hydrogen) atoms. The van der Waals surface area contributed by atoms with Crippen molar-refractivity contribution in [1.82, 2.24) is 9.55 Å². The standard InChI is InChI=1S/C8H14ClN3/c1-7(9)6-12(3)8-10-4-5-11(8)2/h4-5,7H,6H2,1-3H3. The van der Waals surface area contributed by atoms with E-state index in [1.807, 2.05) is 36.7 Å². The van der Waals surface area contributed by atoms with E-state index in [2.05, 4.69) is 4.98 Å². The fourth-order valence-electron chi connectivity index (χ4n) is 1.18. The number of aryl methyl sites for hydroxylation is 1. The molecule has 0 bridgehead atoms. The van der Waals surface area contributed by atoms with Gasteiger partial charge in [-0.1, -0.05) is 0 Å². The number of anilines is 1. The Labute approximate surface area is 78.0 Å². The summed E-state index contributed by atoms with van der Waals surface area (Å²) in [5.41, 5.74) is 0. The van der Waals surface area contributed by atoms with E-state index in [9.17, 15) is 0 Å². The normalized spacial score (nSPS) is 13.0. The molecule has 1 atom stereocenters. The van der Waals surface area contributed by atoms with E-state index < -0.39 is 0 Å². The summed E-state index contributed by atoms with van der Waals surface area (Å²) >= 11 is 5.86. The minimum absolute atomic E-state index is 0.145. The summed E-state index contributed by atoms with van der Waals surface area (Å²) in [6.07, 6.45) is 3.70. The molecule has 0 fully saturated rings. The van der Waals surface area contributed by atoms with E-state index in [0.717, 1.165) is 12.5 Å². The Kier molecular flexibility index (Phi) is 2.98. The molecular formula is C8H14ClN3. The summed E-state index contributed by atoms with van der Waals surface area (Å²) in [4.78, 5) is 6.24. The van der Waals surface area contributed by atoms with Crippen LogP contribution in [-0.2, 0) is 7.05 Å². The molecule has 4 heteroatoms. The van der Waals surface area contributed by atoms with E-state index in [-0.39, 0.29) is 5.38 Å². The molecule has 0 aliphatic heterocycles. The van der Waals surface area contributed by atoms with Gasteiger partial charge in [0, 0.05) is 38.4 Å². The van der Waals surface area contributed by atoms with Crippen LogP contribution in [0.5, 0.6) is 0 Å². The van der Waals surface area contributed by atoms with Crippen molar-refractivity contribution in [2.75, 3.05) is 18.5 Å². The van der Waals surface area contributed by atoms with Gasteiger partial charge in [0.15, 0.2) is 0 Å². The summed E-state index contributed by atoms with van der Waals surface area (Å²) in [6, 6.07) is 0. The Balaban J connectivity index is 2.65. The Morgan fingerprint density at radius 2 is 2.42 bits per heavy atom. The molecule has 1 aromatic rings. The zero-order valence-electron chi connectivity index (χ0n) is 7.66. The van der Waals surface area contributed by atoms with Crippen molar-refractivity contribution in [3.05, 3.63) is 12.4 Å². The average Bonchev–Trinajstić information content (AvgIpc) is 2.33. The van der Waals surface area contributed by atoms with Crippen LogP contribution in [0.15, 0.2) is 12.4 Å². The van der Waals surface area contributed by atoms with Gasteiger partial charge in [-0.3, -0.25) is 0 Å². The third kappa shape index (κ3) is 2.14. The van der Waals surface area contributed by atoms with Gasteiger partial charge in [-0.2, -0.15) is 0 Å². The molecule has 0 N–H and O–H groups in total. The summed E-state index contributed by atoms with van der Waals surface area (Å²) in [7, 11) is 3.96. The van der Waals surface area contributed by atoms with E-state index in [1.165, 1.54) is 0 Å². The monoisotopic (exact) mass is 187 g/mol. The largest absolute Gasteiger partial charge is 0.344 e. The van der Waals surface area contributed by atoms with Crippen LogP contribution in [0.25, 0.3) is 0 Å². The van der Waals surface area contributed by atoms with Crippen molar-refractivity contribution in [2.45, 2.75) is 12.3 Å². The summed E-state index contributed by atoms with van der Waals surface area (Å²) in [6.45, 7) is 2.79. The Hall–Kier alpha value is -0.700. The van der Waals surface area contributed by atoms with Crippen LogP contribution < -0.4 is 4.90 Å². The molecule has 0 spiro atoms. The molecule has 0 saturated carbocycles. The number of nitrogens with zero attached hydrogens (tertiary/aromatic N) is 3. The molecule has 0 radical (unpaired) electrons. The van der Waals surface area contributed by atoms with Crippen molar-refractivity contribution in [2.24, 2.45) is 7.05 Å². The number of rotatable bonds is 3. The summed E-state index contributed by atoms with van der Waals surface area (Å²) < 4.78 is 1.97. The second-order valence-corrected chi connectivity index (χ2v) is 3.74. The Morgan fingerprint density at radius 3 is 2.83 bits per heavy atom. The highest BCUT2D eigenvalue weighted by molar-refractivity contribution is 6.20. The fourth-order valence-corrected chi connectivity index (χ4v) is 1.39. The van der Waals surface area contributed by atoms with Gasteiger partial charge in [-0.25, -0.2) is 4.98 Å². The van der Waals surface area contributed by atoms with Crippen molar-refractivity contribution in [3.63, 3.8) is 0 Å². The second kappa shape index (κ2) is 3.81. The molecule has 0 saturated heterocycles. The van der Waals surface area contributed by atoms with Gasteiger partial charge in [0.05, 0.1) is 0 Å². The molecule has 1 aromatic heterocycles. The zero-order valence-corrected chi connectivity index (χ0v) is 8.41. The van der Waals surface area contributed by atoms with Gasteiger partial charge in [-0.15, -0.1) is 11.6 Å². The van der Waals surface area contributed by atoms with Crippen LogP contribution in [0.1, 0.15) is 6.92 Å². The topological polar surface area (TPSA) is 21.1 Å². The van der Waals surface area contributed by atoms with Crippen molar-refractivity contribution < 1.29 is 0 Å². The SMILES string of the molecule is CC(Cl)CN(C)c1nccn1C. The second-order valence-electron chi connectivity index (χ2n) is 3.00. The summed E-state index contributed by atoms with van der Waals surface area (Å²) in [5.74, 6) is 0.947. The quantitative estimate of drug-likeness (QED) is 0.669. The first-order valence-electron chi connectivity index (χ1n) is 3.94. The van der Waals surface area contributed by atoms with Crippen molar-refractivity contribution in [3.8, 4) is 0 Å². The third-order valence-electron chi connectivity index (χ3n) is 1.66. The predicted molar refractivity (Wildman–Crippen MR) is 51.8 cm³/mol. The number of aromatic nitrogens is 2. The van der Waals surface area contributed by atoms with Crippen LogP contribution in [0, 0.1) is 0 Å². The molecule has 0 aliphatic rings. The molecule has 0 amide bonds. The van der Waals surface area contributed by atoms with Gasteiger partial charge in [0.25, 0.3) is 0 Å².